The topological polar surface area (TPSA) is 78.7 Å². The number of ether oxygens (including phenoxy) is 2. The van der Waals surface area contributed by atoms with E-state index in [1.54, 1.807) is 19.1 Å². The minimum Gasteiger partial charge on any atom is -0.481 e. The molecule has 2 rings (SSSR count). The Kier molecular flexibility index (Phi) is 5.30. The SMILES string of the molecule is CCOC(=O)COc1ccc(C=C(C)[N+](=O)[O-])c2ccccc12. The fourth-order valence-electron chi connectivity index (χ4n) is 2.16. The highest BCUT2D eigenvalue weighted by atomic mass is 16.6. The maximum atomic E-state index is 11.4. The standard InChI is InChI=1S/C17H17NO5/c1-3-22-17(19)11-23-16-9-8-13(10-12(2)18(20)21)14-6-4-5-7-15(14)16/h4-10H,3,11H2,1-2H3. The Bertz CT molecular complexity index is 767. The summed E-state index contributed by atoms with van der Waals surface area (Å²) in [7, 11) is 0. The predicted octanol–water partition coefficient (Wildman–Crippen LogP) is 3.42. The third-order valence-electron chi connectivity index (χ3n) is 3.22. The highest BCUT2D eigenvalue weighted by Crippen LogP contribution is 2.29. The van der Waals surface area contributed by atoms with Crippen LogP contribution < -0.4 is 4.74 Å². The van der Waals surface area contributed by atoms with Crippen molar-refractivity contribution >= 4 is 22.8 Å². The van der Waals surface area contributed by atoms with E-state index in [1.165, 1.54) is 13.0 Å². The molecule has 0 bridgehead atoms. The van der Waals surface area contributed by atoms with Gasteiger partial charge in [0.05, 0.1) is 11.5 Å². The number of hydrogen-bond donors (Lipinski definition) is 0. The number of carbonyl (C=O) groups excluding carboxylic acids is 1. The summed E-state index contributed by atoms with van der Waals surface area (Å²) in [4.78, 5) is 21.8. The van der Waals surface area contributed by atoms with E-state index in [4.69, 9.17) is 9.47 Å². The van der Waals surface area contributed by atoms with Gasteiger partial charge in [-0.3, -0.25) is 10.1 Å². The molecule has 2 aromatic carbocycles. The molecule has 0 spiro atoms. The van der Waals surface area contributed by atoms with E-state index in [-0.39, 0.29) is 12.3 Å². The molecule has 23 heavy (non-hydrogen) atoms. The molecule has 6 nitrogen and oxygen atoms in total. The largest absolute Gasteiger partial charge is 0.481 e. The van der Waals surface area contributed by atoms with Crippen LogP contribution in [0.4, 0.5) is 0 Å². The molecule has 2 aromatic rings. The lowest BCUT2D eigenvalue weighted by Gasteiger charge is -2.10. The maximum Gasteiger partial charge on any atom is 0.344 e. The van der Waals surface area contributed by atoms with Crippen LogP contribution in [0.25, 0.3) is 16.8 Å². The first-order valence-corrected chi connectivity index (χ1v) is 7.15. The second kappa shape index (κ2) is 7.40. The molecule has 0 N–H and O–H groups in total. The molecular weight excluding hydrogens is 298 g/mol. The third kappa shape index (κ3) is 4.06. The lowest BCUT2D eigenvalue weighted by atomic mass is 10.0. The number of rotatable bonds is 6. The molecule has 0 atom stereocenters. The number of esters is 1. The summed E-state index contributed by atoms with van der Waals surface area (Å²) >= 11 is 0. The molecule has 0 saturated heterocycles. The van der Waals surface area contributed by atoms with Gasteiger partial charge in [0.2, 0.25) is 5.70 Å². The fraction of sp³-hybridized carbons (Fsp3) is 0.235. The summed E-state index contributed by atoms with van der Waals surface area (Å²) in [5.74, 6) is 0.0920. The Balaban J connectivity index is 2.37. The zero-order chi connectivity index (χ0) is 16.8. The third-order valence-corrected chi connectivity index (χ3v) is 3.22. The van der Waals surface area contributed by atoms with Crippen LogP contribution in [0.3, 0.4) is 0 Å². The molecule has 0 heterocycles. The van der Waals surface area contributed by atoms with Gasteiger partial charge in [0.1, 0.15) is 5.75 Å². The molecule has 0 radical (unpaired) electrons. The van der Waals surface area contributed by atoms with E-state index in [0.717, 1.165) is 16.3 Å². The van der Waals surface area contributed by atoms with Crippen LogP contribution in [0.5, 0.6) is 5.75 Å². The number of nitrogens with zero attached hydrogens (tertiary/aromatic N) is 1. The van der Waals surface area contributed by atoms with Crippen LogP contribution in [0.2, 0.25) is 0 Å². The van der Waals surface area contributed by atoms with Crippen LogP contribution in [-0.4, -0.2) is 24.1 Å². The highest BCUT2D eigenvalue weighted by Gasteiger charge is 2.10. The first-order valence-electron chi connectivity index (χ1n) is 7.15. The normalized spacial score (nSPS) is 11.3. The summed E-state index contributed by atoms with van der Waals surface area (Å²) < 4.78 is 10.3. The van der Waals surface area contributed by atoms with Crippen molar-refractivity contribution in [3.05, 3.63) is 57.8 Å². The van der Waals surface area contributed by atoms with E-state index in [2.05, 4.69) is 0 Å². The van der Waals surface area contributed by atoms with Gasteiger partial charge in [0.15, 0.2) is 6.61 Å². The molecule has 120 valence electrons. The van der Waals surface area contributed by atoms with E-state index < -0.39 is 10.9 Å². The van der Waals surface area contributed by atoms with Crippen molar-refractivity contribution in [3.8, 4) is 5.75 Å². The average Bonchev–Trinajstić information content (AvgIpc) is 2.54. The van der Waals surface area contributed by atoms with Crippen molar-refractivity contribution in [2.24, 2.45) is 0 Å². The Hall–Kier alpha value is -2.89. The van der Waals surface area contributed by atoms with Crippen LogP contribution in [0.1, 0.15) is 19.4 Å². The summed E-state index contributed by atoms with van der Waals surface area (Å²) in [6.07, 6.45) is 1.51. The smallest absolute Gasteiger partial charge is 0.344 e. The van der Waals surface area contributed by atoms with Gasteiger partial charge >= 0.3 is 5.97 Å². The first kappa shape index (κ1) is 16.5. The lowest BCUT2D eigenvalue weighted by molar-refractivity contribution is -0.422. The van der Waals surface area contributed by atoms with E-state index in [0.29, 0.717) is 12.4 Å². The van der Waals surface area contributed by atoms with Gasteiger partial charge in [-0.15, -0.1) is 0 Å². The van der Waals surface area contributed by atoms with Gasteiger partial charge in [-0.25, -0.2) is 4.79 Å². The summed E-state index contributed by atoms with van der Waals surface area (Å²) in [5, 5.41) is 12.4. The zero-order valence-electron chi connectivity index (χ0n) is 12.9. The van der Waals surface area contributed by atoms with Crippen molar-refractivity contribution in [1.82, 2.24) is 0 Å². The minimum absolute atomic E-state index is 0.0512. The quantitative estimate of drug-likeness (QED) is 0.463. The van der Waals surface area contributed by atoms with Crippen LogP contribution in [-0.2, 0) is 9.53 Å². The molecule has 0 saturated carbocycles. The van der Waals surface area contributed by atoms with Crippen molar-refractivity contribution in [3.63, 3.8) is 0 Å². The van der Waals surface area contributed by atoms with Crippen molar-refractivity contribution in [2.75, 3.05) is 13.2 Å². The van der Waals surface area contributed by atoms with Crippen LogP contribution >= 0.6 is 0 Å². The molecule has 0 aliphatic carbocycles. The van der Waals surface area contributed by atoms with Crippen molar-refractivity contribution < 1.29 is 19.2 Å². The zero-order valence-corrected chi connectivity index (χ0v) is 12.9. The number of allylic oxidation sites excluding steroid dienone is 1. The van der Waals surface area contributed by atoms with Gasteiger partial charge in [0.25, 0.3) is 0 Å². The van der Waals surface area contributed by atoms with Gasteiger partial charge in [-0.05, 0) is 23.9 Å². The Labute approximate surface area is 133 Å². The van der Waals surface area contributed by atoms with E-state index in [1.807, 2.05) is 24.3 Å². The van der Waals surface area contributed by atoms with Gasteiger partial charge in [-0.2, -0.15) is 0 Å². The number of benzene rings is 2. The second-order valence-electron chi connectivity index (χ2n) is 4.84. The van der Waals surface area contributed by atoms with Gasteiger partial charge < -0.3 is 9.47 Å². The monoisotopic (exact) mass is 315 g/mol. The Morgan fingerprint density at radius 1 is 1.22 bits per heavy atom. The number of fused-ring (bicyclic) bond motifs is 1. The van der Waals surface area contributed by atoms with E-state index >= 15 is 0 Å². The molecule has 0 aliphatic heterocycles. The van der Waals surface area contributed by atoms with Crippen molar-refractivity contribution in [2.45, 2.75) is 13.8 Å². The van der Waals surface area contributed by atoms with Gasteiger partial charge in [-0.1, -0.05) is 30.3 Å². The van der Waals surface area contributed by atoms with E-state index in [9.17, 15) is 14.9 Å². The van der Waals surface area contributed by atoms with Crippen LogP contribution in [0.15, 0.2) is 42.1 Å². The molecule has 0 amide bonds. The summed E-state index contributed by atoms with van der Waals surface area (Å²) in [5.41, 5.74) is 0.772. The minimum atomic E-state index is -0.440. The number of carbonyl (C=O) groups is 1. The Morgan fingerprint density at radius 3 is 2.57 bits per heavy atom. The fourth-order valence-corrected chi connectivity index (χ4v) is 2.16. The van der Waals surface area contributed by atoms with Crippen molar-refractivity contribution in [1.29, 1.82) is 0 Å². The molecular formula is C17H17NO5. The van der Waals surface area contributed by atoms with Gasteiger partial charge in [0, 0.05) is 18.4 Å². The highest BCUT2D eigenvalue weighted by molar-refractivity contribution is 5.95. The lowest BCUT2D eigenvalue weighted by Crippen LogP contribution is -2.14. The maximum absolute atomic E-state index is 11.4. The number of hydrogen-bond acceptors (Lipinski definition) is 5. The molecule has 0 aliphatic rings. The molecule has 0 aromatic heterocycles. The second-order valence-corrected chi connectivity index (χ2v) is 4.84. The first-order chi connectivity index (χ1) is 11.0. The summed E-state index contributed by atoms with van der Waals surface area (Å²) in [6.45, 7) is 3.29. The molecule has 6 heteroatoms. The molecule has 0 unspecified atom stereocenters. The Morgan fingerprint density at radius 2 is 1.91 bits per heavy atom. The number of nitro groups is 1. The summed E-state index contributed by atoms with van der Waals surface area (Å²) in [6, 6.07) is 10.8. The molecule has 0 fully saturated rings. The van der Waals surface area contributed by atoms with Crippen LogP contribution in [0, 0.1) is 10.1 Å². The average molecular weight is 315 g/mol. The predicted molar refractivity (Wildman–Crippen MR) is 86.7 cm³/mol.